The predicted molar refractivity (Wildman–Crippen MR) is 76.6 cm³/mol. The molecule has 0 aliphatic heterocycles. The number of hydrogen-bond acceptors (Lipinski definition) is 3. The third-order valence-electron chi connectivity index (χ3n) is 2.73. The number of nitrogens with two attached hydrogens (primary N) is 2. The molecule has 0 aromatic rings. The van der Waals surface area contributed by atoms with Gasteiger partial charge in [0.1, 0.15) is 5.17 Å². The van der Waals surface area contributed by atoms with Gasteiger partial charge < -0.3 is 11.5 Å². The first kappa shape index (κ1) is 15.8. The maximum Gasteiger partial charge on any atom is 0.103 e. The van der Waals surface area contributed by atoms with Gasteiger partial charge in [-0.25, -0.2) is 4.99 Å². The summed E-state index contributed by atoms with van der Waals surface area (Å²) in [5.74, 6) is 0.731. The molecular formula is C13H22ClN3. The second-order valence-corrected chi connectivity index (χ2v) is 4.82. The van der Waals surface area contributed by atoms with Crippen LogP contribution in [0, 0.1) is 11.8 Å². The van der Waals surface area contributed by atoms with Gasteiger partial charge in [-0.2, -0.15) is 0 Å². The van der Waals surface area contributed by atoms with Crippen molar-refractivity contribution >= 4 is 16.8 Å². The molecule has 0 spiro atoms. The summed E-state index contributed by atoms with van der Waals surface area (Å²) in [4.78, 5) is 4.22. The van der Waals surface area contributed by atoms with Crippen LogP contribution in [0.25, 0.3) is 0 Å². The average molecular weight is 256 g/mol. The Morgan fingerprint density at radius 3 is 2.29 bits per heavy atom. The molecule has 2 unspecified atom stereocenters. The summed E-state index contributed by atoms with van der Waals surface area (Å²) < 4.78 is 0. The minimum atomic E-state index is 0.320. The molecule has 0 aromatic carbocycles. The summed E-state index contributed by atoms with van der Waals surface area (Å²) >= 11 is 5.79. The zero-order chi connectivity index (χ0) is 13.6. The van der Waals surface area contributed by atoms with Gasteiger partial charge in [0.05, 0.1) is 11.4 Å². The molecule has 0 bridgehead atoms. The van der Waals surface area contributed by atoms with Gasteiger partial charge in [0, 0.05) is 5.70 Å². The van der Waals surface area contributed by atoms with Crippen LogP contribution in [0.15, 0.2) is 41.3 Å². The Bertz CT molecular complexity index is 352. The average Bonchev–Trinajstić information content (AvgIpc) is 2.24. The van der Waals surface area contributed by atoms with E-state index in [1.54, 1.807) is 6.92 Å². The first-order valence-electron chi connectivity index (χ1n) is 5.56. The van der Waals surface area contributed by atoms with Crippen molar-refractivity contribution in [3.63, 3.8) is 0 Å². The van der Waals surface area contributed by atoms with E-state index < -0.39 is 0 Å². The van der Waals surface area contributed by atoms with E-state index in [1.807, 2.05) is 6.08 Å². The number of allylic oxidation sites excluding steroid dienone is 2. The van der Waals surface area contributed by atoms with Gasteiger partial charge in [-0.15, -0.1) is 6.58 Å². The summed E-state index contributed by atoms with van der Waals surface area (Å²) in [7, 11) is 0. The van der Waals surface area contributed by atoms with Gasteiger partial charge in [-0.05, 0) is 25.2 Å². The molecule has 4 N–H and O–H groups in total. The molecule has 0 aromatic heterocycles. The van der Waals surface area contributed by atoms with Crippen molar-refractivity contribution in [3.05, 3.63) is 36.3 Å². The lowest BCUT2D eigenvalue weighted by Crippen LogP contribution is -2.14. The molecule has 0 aliphatic carbocycles. The number of nitrogens with zero attached hydrogens (tertiary/aromatic N) is 1. The summed E-state index contributed by atoms with van der Waals surface area (Å²) in [6.07, 6.45) is 2.60. The lowest BCUT2D eigenvalue weighted by Gasteiger charge is -2.18. The van der Waals surface area contributed by atoms with Gasteiger partial charge in [0.25, 0.3) is 0 Å². The highest BCUT2D eigenvalue weighted by molar-refractivity contribution is 6.64. The first-order chi connectivity index (χ1) is 7.79. The Morgan fingerprint density at radius 1 is 1.41 bits per heavy atom. The zero-order valence-corrected chi connectivity index (χ0v) is 11.6. The van der Waals surface area contributed by atoms with Gasteiger partial charge in [-0.1, -0.05) is 38.1 Å². The highest BCUT2D eigenvalue weighted by Crippen LogP contribution is 2.23. The van der Waals surface area contributed by atoms with Gasteiger partial charge in [0.15, 0.2) is 0 Å². The van der Waals surface area contributed by atoms with E-state index in [9.17, 15) is 0 Å². The van der Waals surface area contributed by atoms with Gasteiger partial charge >= 0.3 is 0 Å². The summed E-state index contributed by atoms with van der Waals surface area (Å²) in [5.41, 5.74) is 12.9. The third kappa shape index (κ3) is 5.59. The molecule has 0 fully saturated rings. The van der Waals surface area contributed by atoms with Crippen molar-refractivity contribution in [2.45, 2.75) is 27.2 Å². The van der Waals surface area contributed by atoms with Gasteiger partial charge in [-0.3, -0.25) is 0 Å². The van der Waals surface area contributed by atoms with Crippen LogP contribution < -0.4 is 11.5 Å². The summed E-state index contributed by atoms with van der Waals surface area (Å²) in [6, 6.07) is 0. The molecule has 0 radical (unpaired) electrons. The van der Waals surface area contributed by atoms with E-state index in [1.165, 1.54) is 0 Å². The lowest BCUT2D eigenvalue weighted by atomic mass is 9.91. The minimum Gasteiger partial charge on any atom is -0.397 e. The molecule has 0 aliphatic rings. The molecule has 0 saturated heterocycles. The molecule has 96 valence electrons. The van der Waals surface area contributed by atoms with Crippen molar-refractivity contribution in [1.82, 2.24) is 0 Å². The van der Waals surface area contributed by atoms with Crippen molar-refractivity contribution in [3.8, 4) is 0 Å². The second kappa shape index (κ2) is 7.17. The van der Waals surface area contributed by atoms with E-state index >= 15 is 0 Å². The van der Waals surface area contributed by atoms with E-state index in [0.717, 1.165) is 0 Å². The van der Waals surface area contributed by atoms with E-state index in [0.29, 0.717) is 40.5 Å². The molecular weight excluding hydrogens is 234 g/mol. The topological polar surface area (TPSA) is 64.4 Å². The van der Waals surface area contributed by atoms with Crippen LogP contribution in [0.2, 0.25) is 0 Å². The molecule has 17 heavy (non-hydrogen) atoms. The van der Waals surface area contributed by atoms with Crippen molar-refractivity contribution < 1.29 is 0 Å². The van der Waals surface area contributed by atoms with Crippen LogP contribution in [-0.4, -0.2) is 5.17 Å². The largest absolute Gasteiger partial charge is 0.397 e. The summed E-state index contributed by atoms with van der Waals surface area (Å²) in [6.45, 7) is 13.3. The van der Waals surface area contributed by atoms with Crippen LogP contribution in [0.1, 0.15) is 27.2 Å². The fourth-order valence-electron chi connectivity index (χ4n) is 1.31. The van der Waals surface area contributed by atoms with Crippen molar-refractivity contribution in [1.29, 1.82) is 0 Å². The molecule has 3 nitrogen and oxygen atoms in total. The molecule has 0 amide bonds. The van der Waals surface area contributed by atoms with Crippen LogP contribution >= 0.6 is 11.6 Å². The van der Waals surface area contributed by atoms with E-state index in [-0.39, 0.29) is 0 Å². The van der Waals surface area contributed by atoms with E-state index in [2.05, 4.69) is 32.0 Å². The standard InChI is InChI=1S/C13H22ClN3/c1-6-8(2)9(3)7-12(17-11(5)14)13(16)10(4)15/h6,8-9H,1,4,7,15-16H2,2-3,5H3/b13-12+,17-11+. The highest BCUT2D eigenvalue weighted by atomic mass is 35.5. The van der Waals surface area contributed by atoms with Crippen LogP contribution in [0.5, 0.6) is 0 Å². The SMILES string of the molecule is C=CC(C)C(C)CC(/N=C(\C)Cl)=C(\N)C(=C)N. The zero-order valence-electron chi connectivity index (χ0n) is 10.8. The Kier molecular flexibility index (Phi) is 6.66. The number of halogens is 1. The molecule has 2 atom stereocenters. The van der Waals surface area contributed by atoms with Crippen LogP contribution in [0.3, 0.4) is 0 Å². The van der Waals surface area contributed by atoms with E-state index in [4.69, 9.17) is 23.1 Å². The highest BCUT2D eigenvalue weighted by Gasteiger charge is 2.14. The van der Waals surface area contributed by atoms with Crippen LogP contribution in [-0.2, 0) is 0 Å². The summed E-state index contributed by atoms with van der Waals surface area (Å²) in [5, 5.41) is 0.433. The van der Waals surface area contributed by atoms with Crippen molar-refractivity contribution in [2.75, 3.05) is 0 Å². The van der Waals surface area contributed by atoms with Gasteiger partial charge in [0.2, 0.25) is 0 Å². The second-order valence-electron chi connectivity index (χ2n) is 4.27. The number of aliphatic imine (C=N–C) groups is 1. The maximum absolute atomic E-state index is 5.86. The Morgan fingerprint density at radius 2 is 1.94 bits per heavy atom. The fraction of sp³-hybridized carbons (Fsp3) is 0.462. The smallest absolute Gasteiger partial charge is 0.103 e. The Hall–Kier alpha value is -1.22. The number of hydrogen-bond donors (Lipinski definition) is 2. The Balaban J connectivity index is 5.11. The Labute approximate surface area is 109 Å². The predicted octanol–water partition coefficient (Wildman–Crippen LogP) is 3.13. The molecule has 0 heterocycles. The first-order valence-corrected chi connectivity index (χ1v) is 5.94. The molecule has 4 heteroatoms. The quantitative estimate of drug-likeness (QED) is 0.435. The van der Waals surface area contributed by atoms with Crippen molar-refractivity contribution in [2.24, 2.45) is 28.3 Å². The van der Waals surface area contributed by atoms with Crippen LogP contribution in [0.4, 0.5) is 0 Å². The maximum atomic E-state index is 5.86. The fourth-order valence-corrected chi connectivity index (χ4v) is 1.41. The number of rotatable bonds is 6. The monoisotopic (exact) mass is 255 g/mol. The normalized spacial score (nSPS) is 17.1. The lowest BCUT2D eigenvalue weighted by molar-refractivity contribution is 0.454. The molecule has 0 rings (SSSR count). The molecule has 0 saturated carbocycles. The minimum absolute atomic E-state index is 0.320. The third-order valence-corrected chi connectivity index (χ3v) is 2.82.